The Morgan fingerprint density at radius 3 is 2.44 bits per heavy atom. The predicted molar refractivity (Wildman–Crippen MR) is 129 cm³/mol. The summed E-state index contributed by atoms with van der Waals surface area (Å²) in [5, 5.41) is 18.5. The minimum atomic E-state index is -1.19. The maximum Gasteiger partial charge on any atom is 0.326 e. The van der Waals surface area contributed by atoms with E-state index in [0.29, 0.717) is 32.7 Å². The maximum atomic E-state index is 12.5. The van der Waals surface area contributed by atoms with E-state index in [-0.39, 0.29) is 12.8 Å². The zero-order chi connectivity index (χ0) is 24.7. The molecule has 1 heterocycles. The Morgan fingerprint density at radius 1 is 1.09 bits per heavy atom. The Kier molecular flexibility index (Phi) is 8.50. The van der Waals surface area contributed by atoms with Gasteiger partial charge in [0.1, 0.15) is 12.1 Å². The number of rotatable bonds is 10. The average Bonchev–Trinajstić information content (AvgIpc) is 3.29. The maximum absolute atomic E-state index is 12.5. The van der Waals surface area contributed by atoms with Crippen molar-refractivity contribution in [2.75, 3.05) is 5.32 Å². The number of imidazole rings is 1. The van der Waals surface area contributed by atoms with E-state index in [0.717, 1.165) is 0 Å². The number of H-pyrrole nitrogens is 1. The number of benzene rings is 2. The number of para-hydroxylation sites is 1. The molecule has 0 fully saturated rings. The number of nitrogens with zero attached hydrogens (tertiary/aromatic N) is 1. The molecule has 3 aromatic rings. The van der Waals surface area contributed by atoms with Gasteiger partial charge in [0, 0.05) is 24.0 Å². The number of carboxylic acids is 1. The SMILES string of the molecule is C[C@H](NC(=O)Cc1cccc(Nc2c(Cl)cccc2Cl)c1)C(=O)N[C@@H](Cc1cnc[nH]1)C(=O)O. The smallest absolute Gasteiger partial charge is 0.326 e. The summed E-state index contributed by atoms with van der Waals surface area (Å²) >= 11 is 12.4. The summed E-state index contributed by atoms with van der Waals surface area (Å²) in [6.45, 7) is 1.49. The van der Waals surface area contributed by atoms with Crippen LogP contribution >= 0.6 is 23.2 Å². The van der Waals surface area contributed by atoms with Crippen LogP contribution in [0.1, 0.15) is 18.2 Å². The summed E-state index contributed by atoms with van der Waals surface area (Å²) in [5.74, 6) is -2.19. The van der Waals surface area contributed by atoms with Crippen molar-refractivity contribution in [2.45, 2.75) is 31.8 Å². The van der Waals surface area contributed by atoms with Crippen LogP contribution in [0.25, 0.3) is 0 Å². The molecule has 0 unspecified atom stereocenters. The third-order valence-corrected chi connectivity index (χ3v) is 5.52. The summed E-state index contributed by atoms with van der Waals surface area (Å²) < 4.78 is 0. The van der Waals surface area contributed by atoms with Crippen molar-refractivity contribution in [2.24, 2.45) is 0 Å². The van der Waals surface area contributed by atoms with Crippen LogP contribution in [0, 0.1) is 0 Å². The molecule has 2 atom stereocenters. The van der Waals surface area contributed by atoms with Crippen LogP contribution in [0.5, 0.6) is 0 Å². The van der Waals surface area contributed by atoms with E-state index in [2.05, 4.69) is 25.9 Å². The molecule has 0 aliphatic carbocycles. The second-order valence-electron chi connectivity index (χ2n) is 7.57. The number of halogens is 2. The van der Waals surface area contributed by atoms with Crippen molar-refractivity contribution in [3.05, 3.63) is 76.3 Å². The Hall–Kier alpha value is -3.56. The Balaban J connectivity index is 1.56. The van der Waals surface area contributed by atoms with Crippen LogP contribution in [0.2, 0.25) is 10.0 Å². The Labute approximate surface area is 205 Å². The van der Waals surface area contributed by atoms with Crippen LogP contribution < -0.4 is 16.0 Å². The number of aliphatic carboxylic acids is 1. The number of anilines is 2. The summed E-state index contributed by atoms with van der Waals surface area (Å²) in [5.41, 5.74) is 2.51. The molecule has 2 aromatic carbocycles. The van der Waals surface area contributed by atoms with Crippen molar-refractivity contribution in [1.82, 2.24) is 20.6 Å². The molecular weight excluding hydrogens is 481 g/mol. The molecule has 0 saturated heterocycles. The van der Waals surface area contributed by atoms with Crippen molar-refractivity contribution in [3.63, 3.8) is 0 Å². The van der Waals surface area contributed by atoms with E-state index < -0.39 is 29.9 Å². The quantitative estimate of drug-likeness (QED) is 0.288. The van der Waals surface area contributed by atoms with Gasteiger partial charge in [-0.05, 0) is 36.8 Å². The van der Waals surface area contributed by atoms with E-state index in [9.17, 15) is 19.5 Å². The van der Waals surface area contributed by atoms with E-state index in [1.165, 1.54) is 19.4 Å². The van der Waals surface area contributed by atoms with Crippen LogP contribution in [-0.2, 0) is 27.2 Å². The molecule has 0 aliphatic rings. The summed E-state index contributed by atoms with van der Waals surface area (Å²) in [6.07, 6.45) is 2.96. The number of carbonyl (C=O) groups excluding carboxylic acids is 2. The number of aromatic amines is 1. The standard InChI is InChI=1S/C23H23Cl2N5O4/c1-13(22(32)30-19(23(33)34)10-16-11-26-12-27-16)28-20(31)9-14-4-2-5-15(8-14)29-21-17(24)6-3-7-18(21)25/h2-8,11-13,19,29H,9-10H2,1H3,(H,26,27)(H,28,31)(H,30,32)(H,33,34)/t13-,19-/m0/s1. The molecule has 11 heteroatoms. The van der Waals surface area contributed by atoms with Gasteiger partial charge in [-0.2, -0.15) is 0 Å². The number of nitrogens with one attached hydrogen (secondary N) is 4. The summed E-state index contributed by atoms with van der Waals surface area (Å²) in [6, 6.07) is 10.2. The molecule has 0 aliphatic heterocycles. The molecule has 1 aromatic heterocycles. The van der Waals surface area contributed by atoms with Crippen molar-refractivity contribution >= 4 is 52.4 Å². The largest absolute Gasteiger partial charge is 0.480 e. The normalized spacial score (nSPS) is 12.4. The van der Waals surface area contributed by atoms with Gasteiger partial charge in [-0.1, -0.05) is 41.4 Å². The van der Waals surface area contributed by atoms with Crippen LogP contribution in [0.4, 0.5) is 11.4 Å². The van der Waals surface area contributed by atoms with Gasteiger partial charge in [0.15, 0.2) is 0 Å². The highest BCUT2D eigenvalue weighted by atomic mass is 35.5. The zero-order valence-electron chi connectivity index (χ0n) is 18.1. The van der Waals surface area contributed by atoms with Gasteiger partial charge >= 0.3 is 5.97 Å². The van der Waals surface area contributed by atoms with Gasteiger partial charge < -0.3 is 26.0 Å². The van der Waals surface area contributed by atoms with E-state index >= 15 is 0 Å². The third kappa shape index (κ3) is 6.97. The molecular formula is C23H23Cl2N5O4. The second kappa shape index (κ2) is 11.5. The highest BCUT2D eigenvalue weighted by molar-refractivity contribution is 6.39. The number of carbonyl (C=O) groups is 3. The first-order valence-corrected chi connectivity index (χ1v) is 11.1. The molecule has 178 valence electrons. The van der Waals surface area contributed by atoms with Gasteiger partial charge in [0.05, 0.1) is 28.5 Å². The van der Waals surface area contributed by atoms with Crippen molar-refractivity contribution in [1.29, 1.82) is 0 Å². The minimum absolute atomic E-state index is 0.0138. The Morgan fingerprint density at radius 2 is 1.79 bits per heavy atom. The lowest BCUT2D eigenvalue weighted by molar-refractivity contribution is -0.142. The fourth-order valence-electron chi connectivity index (χ4n) is 3.18. The van der Waals surface area contributed by atoms with Crippen LogP contribution in [0.3, 0.4) is 0 Å². The summed E-state index contributed by atoms with van der Waals surface area (Å²) in [4.78, 5) is 43.1. The zero-order valence-corrected chi connectivity index (χ0v) is 19.7. The number of amides is 2. The fourth-order valence-corrected chi connectivity index (χ4v) is 3.67. The first kappa shape index (κ1) is 25.1. The number of aromatic nitrogens is 2. The molecule has 0 saturated carbocycles. The molecule has 0 spiro atoms. The van der Waals surface area contributed by atoms with Gasteiger partial charge in [-0.3, -0.25) is 9.59 Å². The van der Waals surface area contributed by atoms with Crippen LogP contribution in [-0.4, -0.2) is 44.9 Å². The first-order valence-electron chi connectivity index (χ1n) is 10.3. The molecule has 0 radical (unpaired) electrons. The first-order chi connectivity index (χ1) is 16.2. The molecule has 0 bridgehead atoms. The van der Waals surface area contributed by atoms with Crippen molar-refractivity contribution in [3.8, 4) is 0 Å². The van der Waals surface area contributed by atoms with Gasteiger partial charge in [-0.25, -0.2) is 9.78 Å². The topological polar surface area (TPSA) is 136 Å². The number of hydrogen-bond donors (Lipinski definition) is 5. The number of hydrogen-bond acceptors (Lipinski definition) is 5. The van der Waals surface area contributed by atoms with E-state index in [1.807, 2.05) is 6.07 Å². The lowest BCUT2D eigenvalue weighted by Crippen LogP contribution is -2.51. The highest BCUT2D eigenvalue weighted by Crippen LogP contribution is 2.32. The van der Waals surface area contributed by atoms with Crippen molar-refractivity contribution < 1.29 is 19.5 Å². The molecule has 3 rings (SSSR count). The van der Waals surface area contributed by atoms with Gasteiger partial charge in [-0.15, -0.1) is 0 Å². The van der Waals surface area contributed by atoms with Gasteiger partial charge in [0.25, 0.3) is 0 Å². The summed E-state index contributed by atoms with van der Waals surface area (Å²) in [7, 11) is 0. The lowest BCUT2D eigenvalue weighted by atomic mass is 10.1. The third-order valence-electron chi connectivity index (χ3n) is 4.89. The highest BCUT2D eigenvalue weighted by Gasteiger charge is 2.24. The fraction of sp³-hybridized carbons (Fsp3) is 0.217. The van der Waals surface area contributed by atoms with E-state index in [1.54, 1.807) is 36.4 Å². The van der Waals surface area contributed by atoms with Gasteiger partial charge in [0.2, 0.25) is 11.8 Å². The predicted octanol–water partition coefficient (Wildman–Crippen LogP) is 3.32. The minimum Gasteiger partial charge on any atom is -0.480 e. The molecule has 9 nitrogen and oxygen atoms in total. The second-order valence-corrected chi connectivity index (χ2v) is 8.38. The van der Waals surface area contributed by atoms with Crippen LogP contribution in [0.15, 0.2) is 55.0 Å². The average molecular weight is 504 g/mol. The Bertz CT molecular complexity index is 1150. The number of carboxylic acid groups (broad SMARTS) is 1. The molecule has 34 heavy (non-hydrogen) atoms. The van der Waals surface area contributed by atoms with E-state index in [4.69, 9.17) is 23.2 Å². The molecule has 2 amide bonds. The lowest BCUT2D eigenvalue weighted by Gasteiger charge is -2.18. The molecule has 5 N–H and O–H groups in total. The monoisotopic (exact) mass is 503 g/mol.